The fourth-order valence-electron chi connectivity index (χ4n) is 3.78. The topological polar surface area (TPSA) is 62.3 Å². The molecular weight excluding hydrogens is 402 g/mol. The molecule has 1 fully saturated rings. The number of nitrogens with one attached hydrogen (secondary N) is 1. The van der Waals surface area contributed by atoms with Gasteiger partial charge in [0, 0.05) is 33.5 Å². The van der Waals surface area contributed by atoms with Crippen molar-refractivity contribution in [1.29, 1.82) is 0 Å². The van der Waals surface area contributed by atoms with Gasteiger partial charge < -0.3 is 10.2 Å². The first kappa shape index (κ1) is 18.5. The number of aryl methyl sites for hydroxylation is 1. The van der Waals surface area contributed by atoms with Crippen molar-refractivity contribution in [1.82, 2.24) is 4.98 Å². The number of hydrogen-bond acceptors (Lipinski definition) is 5. The Labute approximate surface area is 177 Å². The van der Waals surface area contributed by atoms with Crippen LogP contribution < -0.4 is 10.2 Å². The first-order chi connectivity index (χ1) is 14.1. The summed E-state index contributed by atoms with van der Waals surface area (Å²) in [4.78, 5) is 33.5. The maximum atomic E-state index is 12.5. The van der Waals surface area contributed by atoms with Crippen LogP contribution in [0.3, 0.4) is 0 Å². The van der Waals surface area contributed by atoms with Crippen LogP contribution in [0.1, 0.15) is 28.2 Å². The summed E-state index contributed by atoms with van der Waals surface area (Å²) in [7, 11) is 0. The van der Waals surface area contributed by atoms with Crippen molar-refractivity contribution >= 4 is 45.3 Å². The lowest BCUT2D eigenvalue weighted by Gasteiger charge is -2.17. The van der Waals surface area contributed by atoms with E-state index < -0.39 is 0 Å². The van der Waals surface area contributed by atoms with Gasteiger partial charge >= 0.3 is 0 Å². The minimum Gasteiger partial charge on any atom is -0.312 e. The zero-order valence-electron chi connectivity index (χ0n) is 16.1. The summed E-state index contributed by atoms with van der Waals surface area (Å²) in [6.07, 6.45) is 3.31. The third-order valence-corrected chi connectivity index (χ3v) is 7.16. The number of rotatable bonds is 5. The van der Waals surface area contributed by atoms with Crippen LogP contribution in [-0.4, -0.2) is 23.3 Å². The number of benzene rings is 1. The maximum absolute atomic E-state index is 12.5. The molecule has 0 atom stereocenters. The van der Waals surface area contributed by atoms with Crippen LogP contribution in [0.4, 0.5) is 10.8 Å². The van der Waals surface area contributed by atoms with Gasteiger partial charge in [0.05, 0.1) is 12.1 Å². The summed E-state index contributed by atoms with van der Waals surface area (Å²) >= 11 is 3.08. The fraction of sp³-hybridized carbons (Fsp3) is 0.318. The zero-order chi connectivity index (χ0) is 20.0. The van der Waals surface area contributed by atoms with Crippen LogP contribution in [0.2, 0.25) is 0 Å². The van der Waals surface area contributed by atoms with Crippen LogP contribution in [0.25, 0.3) is 11.3 Å². The Bertz CT molecular complexity index is 1080. The Kier molecular flexibility index (Phi) is 4.72. The van der Waals surface area contributed by atoms with Gasteiger partial charge in [0.15, 0.2) is 5.13 Å². The van der Waals surface area contributed by atoms with Gasteiger partial charge in [-0.05, 0) is 55.3 Å². The van der Waals surface area contributed by atoms with E-state index in [1.165, 1.54) is 16.9 Å². The predicted molar refractivity (Wildman–Crippen MR) is 118 cm³/mol. The minimum absolute atomic E-state index is 0.0454. The molecule has 2 aliphatic rings. The highest BCUT2D eigenvalue weighted by Crippen LogP contribution is 2.39. The highest BCUT2D eigenvalue weighted by Gasteiger charge is 2.36. The van der Waals surface area contributed by atoms with Crippen LogP contribution in [0.15, 0.2) is 35.7 Å². The van der Waals surface area contributed by atoms with Gasteiger partial charge in [-0.2, -0.15) is 0 Å². The molecule has 2 aromatic heterocycles. The van der Waals surface area contributed by atoms with E-state index in [-0.39, 0.29) is 17.7 Å². The van der Waals surface area contributed by atoms with Crippen molar-refractivity contribution in [2.24, 2.45) is 5.92 Å². The van der Waals surface area contributed by atoms with E-state index >= 15 is 0 Å². The van der Waals surface area contributed by atoms with Crippen LogP contribution in [0.5, 0.6) is 0 Å². The standard InChI is InChI=1S/C22H21N3O2S2/c1-13-20(24-22(29-13)23-19(26)12-17-3-2-10-28-17)16-6-7-18-15(11-16)8-9-25(18)21(27)14-4-5-14/h2-3,6-7,10-11,14H,4-5,8-9,12H2,1H3,(H,23,24,26). The lowest BCUT2D eigenvalue weighted by atomic mass is 10.1. The number of carbonyl (C=O) groups excluding carboxylic acids is 2. The molecule has 0 spiro atoms. The van der Waals surface area contributed by atoms with E-state index in [9.17, 15) is 9.59 Å². The molecule has 0 radical (unpaired) electrons. The number of amides is 2. The number of aromatic nitrogens is 1. The predicted octanol–water partition coefficient (Wildman–Crippen LogP) is 4.66. The summed E-state index contributed by atoms with van der Waals surface area (Å²) in [5.74, 6) is 0.467. The first-order valence-corrected chi connectivity index (χ1v) is 11.5. The Morgan fingerprint density at radius 2 is 2.14 bits per heavy atom. The number of thiophene rings is 1. The zero-order valence-corrected chi connectivity index (χ0v) is 17.7. The Morgan fingerprint density at radius 1 is 1.28 bits per heavy atom. The monoisotopic (exact) mass is 423 g/mol. The summed E-state index contributed by atoms with van der Waals surface area (Å²) in [5, 5.41) is 5.53. The number of carbonyl (C=O) groups is 2. The quantitative estimate of drug-likeness (QED) is 0.649. The van der Waals surface area contributed by atoms with Gasteiger partial charge in [0.1, 0.15) is 0 Å². The van der Waals surface area contributed by atoms with Crippen molar-refractivity contribution in [2.75, 3.05) is 16.8 Å². The lowest BCUT2D eigenvalue weighted by Crippen LogP contribution is -2.30. The molecule has 5 rings (SSSR count). The molecule has 0 unspecified atom stereocenters. The molecule has 7 heteroatoms. The highest BCUT2D eigenvalue weighted by molar-refractivity contribution is 7.16. The third-order valence-electron chi connectivity index (χ3n) is 5.40. The summed E-state index contributed by atoms with van der Waals surface area (Å²) < 4.78 is 0. The van der Waals surface area contributed by atoms with Crippen molar-refractivity contribution in [2.45, 2.75) is 32.6 Å². The number of anilines is 2. The van der Waals surface area contributed by atoms with Crippen molar-refractivity contribution in [3.05, 3.63) is 51.0 Å². The van der Waals surface area contributed by atoms with E-state index in [1.54, 1.807) is 11.3 Å². The van der Waals surface area contributed by atoms with E-state index in [2.05, 4.69) is 16.4 Å². The van der Waals surface area contributed by atoms with Crippen molar-refractivity contribution in [3.63, 3.8) is 0 Å². The number of nitrogens with zero attached hydrogens (tertiary/aromatic N) is 2. The fourth-order valence-corrected chi connectivity index (χ4v) is 5.34. The molecular formula is C22H21N3O2S2. The largest absolute Gasteiger partial charge is 0.312 e. The lowest BCUT2D eigenvalue weighted by molar-refractivity contribution is -0.119. The molecule has 0 bridgehead atoms. The second-order valence-corrected chi connectivity index (χ2v) is 9.82. The van der Waals surface area contributed by atoms with E-state index in [1.807, 2.05) is 41.5 Å². The molecule has 0 saturated heterocycles. The first-order valence-electron chi connectivity index (χ1n) is 9.83. The van der Waals surface area contributed by atoms with E-state index in [4.69, 9.17) is 0 Å². The van der Waals surface area contributed by atoms with Crippen molar-refractivity contribution < 1.29 is 9.59 Å². The van der Waals surface area contributed by atoms with Gasteiger partial charge in [0.2, 0.25) is 11.8 Å². The summed E-state index contributed by atoms with van der Waals surface area (Å²) in [6.45, 7) is 2.80. The van der Waals surface area contributed by atoms with E-state index in [0.29, 0.717) is 11.6 Å². The molecule has 148 valence electrons. The second-order valence-electron chi connectivity index (χ2n) is 7.59. The molecule has 1 aromatic carbocycles. The average molecular weight is 424 g/mol. The molecule has 5 nitrogen and oxygen atoms in total. The van der Waals surface area contributed by atoms with Crippen LogP contribution >= 0.6 is 22.7 Å². The van der Waals surface area contributed by atoms with Gasteiger partial charge in [0.25, 0.3) is 0 Å². The minimum atomic E-state index is -0.0454. The molecule has 2 amide bonds. The summed E-state index contributed by atoms with van der Waals surface area (Å²) in [5.41, 5.74) is 4.18. The van der Waals surface area contributed by atoms with Gasteiger partial charge in [-0.15, -0.1) is 22.7 Å². The maximum Gasteiger partial charge on any atom is 0.231 e. The Morgan fingerprint density at radius 3 is 2.90 bits per heavy atom. The normalized spacial score (nSPS) is 15.4. The van der Waals surface area contributed by atoms with Crippen LogP contribution in [0, 0.1) is 12.8 Å². The molecule has 3 aromatic rings. The average Bonchev–Trinajstić information content (AvgIpc) is 3.08. The molecule has 3 heterocycles. The molecule has 1 aliphatic heterocycles. The molecule has 1 N–H and O–H groups in total. The number of thiazole rings is 1. The van der Waals surface area contributed by atoms with Crippen LogP contribution in [-0.2, 0) is 22.4 Å². The second kappa shape index (κ2) is 7.39. The molecule has 29 heavy (non-hydrogen) atoms. The Balaban J connectivity index is 1.34. The third kappa shape index (κ3) is 3.72. The highest BCUT2D eigenvalue weighted by atomic mass is 32.1. The van der Waals surface area contributed by atoms with Gasteiger partial charge in [-0.25, -0.2) is 4.98 Å². The summed E-state index contributed by atoms with van der Waals surface area (Å²) in [6, 6.07) is 10.1. The molecule has 1 aliphatic carbocycles. The van der Waals surface area contributed by atoms with E-state index in [0.717, 1.165) is 52.5 Å². The smallest absolute Gasteiger partial charge is 0.231 e. The molecule has 1 saturated carbocycles. The van der Waals surface area contributed by atoms with Gasteiger partial charge in [-0.1, -0.05) is 12.1 Å². The Hall–Kier alpha value is -2.51. The number of hydrogen-bond donors (Lipinski definition) is 1. The SMILES string of the molecule is Cc1sc(NC(=O)Cc2cccs2)nc1-c1ccc2c(c1)CCN2C(=O)C1CC1. The van der Waals surface area contributed by atoms with Crippen molar-refractivity contribution in [3.8, 4) is 11.3 Å². The van der Waals surface area contributed by atoms with Gasteiger partial charge in [-0.3, -0.25) is 9.59 Å². The number of fused-ring (bicyclic) bond motifs is 1.